The maximum atomic E-state index is 10.2. The average molecular weight is 339 g/mol. The van der Waals surface area contributed by atoms with E-state index in [1.54, 1.807) is 6.07 Å². The zero-order valence-corrected chi connectivity index (χ0v) is 13.6. The van der Waals surface area contributed by atoms with Crippen LogP contribution in [0.15, 0.2) is 22.7 Å². The highest BCUT2D eigenvalue weighted by atomic mass is 79.9. The molecule has 0 bridgehead atoms. The Kier molecular flexibility index (Phi) is 4.34. The molecule has 2 aliphatic rings. The van der Waals surface area contributed by atoms with E-state index < -0.39 is 0 Å². The molecule has 0 spiro atoms. The summed E-state index contributed by atoms with van der Waals surface area (Å²) in [6.07, 6.45) is 3.65. The number of nitrogens with one attached hydrogen (secondary N) is 1. The molecule has 2 fully saturated rings. The smallest absolute Gasteiger partial charge is 0.120 e. The minimum absolute atomic E-state index is 0.320. The average Bonchev–Trinajstić information content (AvgIpc) is 2.92. The van der Waals surface area contributed by atoms with Gasteiger partial charge in [-0.1, -0.05) is 22.9 Å². The lowest BCUT2D eigenvalue weighted by Gasteiger charge is -2.42. The lowest BCUT2D eigenvalue weighted by molar-refractivity contribution is 0.0732. The summed E-state index contributed by atoms with van der Waals surface area (Å²) in [5.41, 5.74) is 1.06. The molecule has 0 saturated carbocycles. The first-order valence-electron chi connectivity index (χ1n) is 7.65. The molecule has 2 N–H and O–H groups in total. The molecule has 0 radical (unpaired) electrons. The lowest BCUT2D eigenvalue weighted by atomic mass is 9.88. The standard InChI is InChI=1S/C16H23BrN2O/c1-2-14(13-8-12(17)5-6-16(13)20)19-7-3-4-11-9-18-10-15(11)19/h5-6,8,11,14-15,18,20H,2-4,7,9-10H2,1H3. The van der Waals surface area contributed by atoms with Crippen molar-refractivity contribution in [1.82, 2.24) is 10.2 Å². The van der Waals surface area contributed by atoms with Gasteiger partial charge in [0.05, 0.1) is 0 Å². The van der Waals surface area contributed by atoms with Crippen LogP contribution < -0.4 is 5.32 Å². The highest BCUT2D eigenvalue weighted by molar-refractivity contribution is 9.10. The van der Waals surface area contributed by atoms with Crippen LogP contribution >= 0.6 is 15.9 Å². The van der Waals surface area contributed by atoms with Gasteiger partial charge in [-0.2, -0.15) is 0 Å². The number of aromatic hydroxyl groups is 1. The van der Waals surface area contributed by atoms with Crippen molar-refractivity contribution in [3.63, 3.8) is 0 Å². The van der Waals surface area contributed by atoms with Crippen LogP contribution in [0.5, 0.6) is 5.75 Å². The van der Waals surface area contributed by atoms with E-state index in [1.807, 2.05) is 6.07 Å². The molecule has 4 heteroatoms. The molecule has 3 nitrogen and oxygen atoms in total. The Labute approximate surface area is 129 Å². The molecule has 1 aromatic carbocycles. The Morgan fingerprint density at radius 1 is 1.45 bits per heavy atom. The number of piperidine rings is 1. The van der Waals surface area contributed by atoms with Crippen molar-refractivity contribution in [1.29, 1.82) is 0 Å². The van der Waals surface area contributed by atoms with Gasteiger partial charge in [-0.15, -0.1) is 0 Å². The summed E-state index contributed by atoms with van der Waals surface area (Å²) in [5, 5.41) is 13.8. The Bertz CT molecular complexity index is 480. The van der Waals surface area contributed by atoms with E-state index in [9.17, 15) is 5.11 Å². The van der Waals surface area contributed by atoms with Gasteiger partial charge in [0.25, 0.3) is 0 Å². The monoisotopic (exact) mass is 338 g/mol. The normalized spacial score (nSPS) is 28.3. The van der Waals surface area contributed by atoms with Crippen LogP contribution in [-0.2, 0) is 0 Å². The molecule has 110 valence electrons. The molecule has 3 unspecified atom stereocenters. The van der Waals surface area contributed by atoms with Crippen molar-refractivity contribution in [3.05, 3.63) is 28.2 Å². The predicted molar refractivity (Wildman–Crippen MR) is 84.9 cm³/mol. The van der Waals surface area contributed by atoms with E-state index in [0.717, 1.165) is 42.0 Å². The third-order valence-electron chi connectivity index (χ3n) is 4.86. The van der Waals surface area contributed by atoms with E-state index in [4.69, 9.17) is 0 Å². The summed E-state index contributed by atoms with van der Waals surface area (Å²) in [6.45, 7) is 5.61. The number of rotatable bonds is 3. The number of hydrogen-bond acceptors (Lipinski definition) is 3. The third kappa shape index (κ3) is 2.61. The molecule has 2 saturated heterocycles. The van der Waals surface area contributed by atoms with Crippen molar-refractivity contribution < 1.29 is 5.11 Å². The Morgan fingerprint density at radius 2 is 2.30 bits per heavy atom. The first kappa shape index (κ1) is 14.4. The predicted octanol–water partition coefficient (Wildman–Crippen LogP) is 3.29. The van der Waals surface area contributed by atoms with Crippen LogP contribution in [0.1, 0.15) is 37.8 Å². The lowest BCUT2D eigenvalue weighted by Crippen LogP contribution is -2.46. The zero-order valence-electron chi connectivity index (χ0n) is 12.0. The van der Waals surface area contributed by atoms with Gasteiger partial charge in [0.15, 0.2) is 0 Å². The maximum Gasteiger partial charge on any atom is 0.120 e. The fraction of sp³-hybridized carbons (Fsp3) is 0.625. The first-order valence-corrected chi connectivity index (χ1v) is 8.45. The van der Waals surface area contributed by atoms with E-state index >= 15 is 0 Å². The minimum Gasteiger partial charge on any atom is -0.508 e. The first-order chi connectivity index (χ1) is 9.70. The molecule has 3 atom stereocenters. The van der Waals surface area contributed by atoms with Crippen LogP contribution in [0, 0.1) is 5.92 Å². The Morgan fingerprint density at radius 3 is 3.10 bits per heavy atom. The molecule has 0 aliphatic carbocycles. The van der Waals surface area contributed by atoms with Gasteiger partial charge in [-0.3, -0.25) is 4.90 Å². The minimum atomic E-state index is 0.320. The van der Waals surface area contributed by atoms with E-state index in [1.165, 1.54) is 12.8 Å². The molecule has 2 aliphatic heterocycles. The van der Waals surface area contributed by atoms with Crippen molar-refractivity contribution in [2.75, 3.05) is 19.6 Å². The summed E-state index contributed by atoms with van der Waals surface area (Å²) in [5.74, 6) is 1.21. The summed E-state index contributed by atoms with van der Waals surface area (Å²) in [4.78, 5) is 2.62. The largest absolute Gasteiger partial charge is 0.508 e. The summed E-state index contributed by atoms with van der Waals surface area (Å²) in [7, 11) is 0. The van der Waals surface area contributed by atoms with Gasteiger partial charge in [0, 0.05) is 28.7 Å². The van der Waals surface area contributed by atoms with Crippen molar-refractivity contribution in [3.8, 4) is 5.75 Å². The molecular formula is C16H23BrN2O. The fourth-order valence-corrected chi connectivity index (χ4v) is 4.29. The van der Waals surface area contributed by atoms with Crippen LogP contribution in [0.2, 0.25) is 0 Å². The van der Waals surface area contributed by atoms with Crippen molar-refractivity contribution in [2.24, 2.45) is 5.92 Å². The number of fused-ring (bicyclic) bond motifs is 1. The second-order valence-electron chi connectivity index (χ2n) is 5.99. The Hall–Kier alpha value is -0.580. The van der Waals surface area contributed by atoms with Gasteiger partial charge in [0.2, 0.25) is 0 Å². The number of hydrogen-bond donors (Lipinski definition) is 2. The van der Waals surface area contributed by atoms with Crippen molar-refractivity contribution in [2.45, 2.75) is 38.3 Å². The molecule has 0 aromatic heterocycles. The highest BCUT2D eigenvalue weighted by Crippen LogP contribution is 2.38. The van der Waals surface area contributed by atoms with Crippen LogP contribution in [0.4, 0.5) is 0 Å². The molecular weight excluding hydrogens is 316 g/mol. The van der Waals surface area contributed by atoms with Crippen LogP contribution in [0.3, 0.4) is 0 Å². The van der Waals surface area contributed by atoms with Gasteiger partial charge in [-0.25, -0.2) is 0 Å². The second kappa shape index (κ2) is 6.04. The van der Waals surface area contributed by atoms with E-state index in [0.29, 0.717) is 17.8 Å². The molecule has 2 heterocycles. The quantitative estimate of drug-likeness (QED) is 0.887. The Balaban J connectivity index is 1.90. The van der Waals surface area contributed by atoms with E-state index in [2.05, 4.69) is 39.1 Å². The number of likely N-dealkylation sites (tertiary alicyclic amines) is 1. The van der Waals surface area contributed by atoms with Gasteiger partial charge >= 0.3 is 0 Å². The molecule has 0 amide bonds. The zero-order chi connectivity index (χ0) is 14.1. The summed E-state index contributed by atoms with van der Waals surface area (Å²) in [6, 6.07) is 6.74. The summed E-state index contributed by atoms with van der Waals surface area (Å²) >= 11 is 3.53. The van der Waals surface area contributed by atoms with Gasteiger partial charge in [-0.05, 0) is 56.5 Å². The molecule has 20 heavy (non-hydrogen) atoms. The maximum absolute atomic E-state index is 10.2. The second-order valence-corrected chi connectivity index (χ2v) is 6.91. The van der Waals surface area contributed by atoms with Gasteiger partial charge in [0.1, 0.15) is 5.75 Å². The topological polar surface area (TPSA) is 35.5 Å². The van der Waals surface area contributed by atoms with Gasteiger partial charge < -0.3 is 10.4 Å². The van der Waals surface area contributed by atoms with E-state index in [-0.39, 0.29) is 0 Å². The number of benzene rings is 1. The number of halogens is 1. The van der Waals surface area contributed by atoms with Crippen LogP contribution in [-0.4, -0.2) is 35.7 Å². The SMILES string of the molecule is CCC(c1cc(Br)ccc1O)N1CCCC2CNCC21. The molecule has 1 aromatic rings. The fourth-order valence-electron chi connectivity index (χ4n) is 3.92. The number of phenolic OH excluding ortho intramolecular Hbond substituents is 1. The highest BCUT2D eigenvalue weighted by Gasteiger charge is 2.38. The summed E-state index contributed by atoms with van der Waals surface area (Å²) < 4.78 is 1.04. The third-order valence-corrected chi connectivity index (χ3v) is 5.35. The number of phenols is 1. The van der Waals surface area contributed by atoms with Crippen molar-refractivity contribution >= 4 is 15.9 Å². The molecule has 3 rings (SSSR count). The number of nitrogens with zero attached hydrogens (tertiary/aromatic N) is 1. The van der Waals surface area contributed by atoms with Crippen LogP contribution in [0.25, 0.3) is 0 Å².